The Hall–Kier alpha value is -0.450. The van der Waals surface area contributed by atoms with E-state index in [2.05, 4.69) is 34.6 Å². The standard InChI is InChI=1S/C10H19N3S/c1-9(4-11-2)5-13(3)6-10-7-14-8-12-10/h7-9,11H,4-6H2,1-3H3. The summed E-state index contributed by atoms with van der Waals surface area (Å²) < 4.78 is 0. The van der Waals surface area contributed by atoms with E-state index in [0.717, 1.165) is 19.6 Å². The van der Waals surface area contributed by atoms with Crippen molar-refractivity contribution in [3.8, 4) is 0 Å². The molecule has 4 heteroatoms. The average Bonchev–Trinajstić information content (AvgIpc) is 2.56. The number of rotatable bonds is 6. The van der Waals surface area contributed by atoms with Gasteiger partial charge < -0.3 is 10.2 Å². The van der Waals surface area contributed by atoms with Crippen molar-refractivity contribution < 1.29 is 0 Å². The van der Waals surface area contributed by atoms with E-state index in [9.17, 15) is 0 Å². The van der Waals surface area contributed by atoms with Crippen molar-refractivity contribution in [1.82, 2.24) is 15.2 Å². The monoisotopic (exact) mass is 213 g/mol. The Balaban J connectivity index is 2.25. The molecule has 0 aliphatic rings. The van der Waals surface area contributed by atoms with E-state index in [1.165, 1.54) is 5.69 Å². The maximum absolute atomic E-state index is 4.27. The summed E-state index contributed by atoms with van der Waals surface area (Å²) in [5, 5.41) is 5.30. The minimum Gasteiger partial charge on any atom is -0.319 e. The van der Waals surface area contributed by atoms with Gasteiger partial charge in [0.05, 0.1) is 11.2 Å². The molecule has 0 aromatic carbocycles. The minimum atomic E-state index is 0.684. The third kappa shape index (κ3) is 4.17. The maximum Gasteiger partial charge on any atom is 0.0795 e. The van der Waals surface area contributed by atoms with Crippen LogP contribution in [0.2, 0.25) is 0 Å². The van der Waals surface area contributed by atoms with Gasteiger partial charge in [-0.2, -0.15) is 0 Å². The first kappa shape index (κ1) is 11.6. The molecule has 0 amide bonds. The second-order valence-electron chi connectivity index (χ2n) is 3.84. The molecular formula is C10H19N3S. The summed E-state index contributed by atoms with van der Waals surface area (Å²) in [4.78, 5) is 6.59. The molecule has 1 rings (SSSR count). The fourth-order valence-corrected chi connectivity index (χ4v) is 2.15. The molecule has 0 aliphatic heterocycles. The molecule has 0 radical (unpaired) electrons. The van der Waals surface area contributed by atoms with Crippen LogP contribution in [0.25, 0.3) is 0 Å². The highest BCUT2D eigenvalue weighted by atomic mass is 32.1. The number of nitrogens with one attached hydrogen (secondary N) is 1. The first-order valence-corrected chi connectivity index (χ1v) is 5.87. The zero-order valence-electron chi connectivity index (χ0n) is 9.16. The topological polar surface area (TPSA) is 28.2 Å². The van der Waals surface area contributed by atoms with Gasteiger partial charge in [-0.1, -0.05) is 6.92 Å². The van der Waals surface area contributed by atoms with Gasteiger partial charge in [0, 0.05) is 18.5 Å². The van der Waals surface area contributed by atoms with E-state index < -0.39 is 0 Å². The number of hydrogen-bond acceptors (Lipinski definition) is 4. The van der Waals surface area contributed by atoms with Gasteiger partial charge in [0.15, 0.2) is 0 Å². The molecule has 1 N–H and O–H groups in total. The van der Waals surface area contributed by atoms with Crippen molar-refractivity contribution in [2.75, 3.05) is 27.2 Å². The van der Waals surface area contributed by atoms with Crippen LogP contribution in [0.3, 0.4) is 0 Å². The Morgan fingerprint density at radius 1 is 1.64 bits per heavy atom. The number of hydrogen-bond donors (Lipinski definition) is 1. The third-order valence-corrected chi connectivity index (χ3v) is 2.73. The lowest BCUT2D eigenvalue weighted by Crippen LogP contribution is -2.29. The zero-order valence-corrected chi connectivity index (χ0v) is 9.97. The van der Waals surface area contributed by atoms with Crippen molar-refractivity contribution in [2.24, 2.45) is 5.92 Å². The van der Waals surface area contributed by atoms with Crippen LogP contribution in [-0.2, 0) is 6.54 Å². The van der Waals surface area contributed by atoms with Crippen molar-refractivity contribution in [3.63, 3.8) is 0 Å². The lowest BCUT2D eigenvalue weighted by molar-refractivity contribution is 0.274. The van der Waals surface area contributed by atoms with Gasteiger partial charge in [-0.25, -0.2) is 4.98 Å². The van der Waals surface area contributed by atoms with Crippen LogP contribution in [0.1, 0.15) is 12.6 Å². The molecule has 1 aromatic rings. The second-order valence-corrected chi connectivity index (χ2v) is 4.56. The fourth-order valence-electron chi connectivity index (χ4n) is 1.60. The van der Waals surface area contributed by atoms with E-state index >= 15 is 0 Å². The highest BCUT2D eigenvalue weighted by molar-refractivity contribution is 7.07. The van der Waals surface area contributed by atoms with Crippen molar-refractivity contribution >= 4 is 11.3 Å². The quantitative estimate of drug-likeness (QED) is 0.775. The Bertz CT molecular complexity index is 236. The number of aromatic nitrogens is 1. The molecule has 1 atom stereocenters. The van der Waals surface area contributed by atoms with Crippen LogP contribution in [0.15, 0.2) is 10.9 Å². The third-order valence-electron chi connectivity index (χ3n) is 2.09. The Morgan fingerprint density at radius 3 is 3.00 bits per heavy atom. The molecule has 0 aliphatic carbocycles. The number of nitrogens with zero attached hydrogens (tertiary/aromatic N) is 2. The average molecular weight is 213 g/mol. The number of thiazole rings is 1. The molecule has 0 fully saturated rings. The van der Waals surface area contributed by atoms with Gasteiger partial charge >= 0.3 is 0 Å². The van der Waals surface area contributed by atoms with E-state index in [-0.39, 0.29) is 0 Å². The molecule has 1 heterocycles. The summed E-state index contributed by atoms with van der Waals surface area (Å²) in [6.07, 6.45) is 0. The van der Waals surface area contributed by atoms with E-state index in [1.807, 2.05) is 12.6 Å². The summed E-state index contributed by atoms with van der Waals surface area (Å²) in [5.74, 6) is 0.684. The van der Waals surface area contributed by atoms with Gasteiger partial charge in [-0.05, 0) is 26.6 Å². The zero-order chi connectivity index (χ0) is 10.4. The molecule has 0 saturated heterocycles. The molecular weight excluding hydrogens is 194 g/mol. The fraction of sp³-hybridized carbons (Fsp3) is 0.700. The molecule has 1 unspecified atom stereocenters. The van der Waals surface area contributed by atoms with Gasteiger partial charge in [0.2, 0.25) is 0 Å². The Kier molecular flexibility index (Phi) is 5.07. The van der Waals surface area contributed by atoms with Crippen molar-refractivity contribution in [1.29, 1.82) is 0 Å². The summed E-state index contributed by atoms with van der Waals surface area (Å²) in [7, 11) is 4.14. The Morgan fingerprint density at radius 2 is 2.43 bits per heavy atom. The lowest BCUT2D eigenvalue weighted by atomic mass is 10.1. The highest BCUT2D eigenvalue weighted by Crippen LogP contribution is 2.05. The minimum absolute atomic E-state index is 0.684. The first-order valence-electron chi connectivity index (χ1n) is 4.92. The molecule has 1 aromatic heterocycles. The Labute approximate surface area is 90.2 Å². The van der Waals surface area contributed by atoms with Gasteiger partial charge in [0.1, 0.15) is 0 Å². The summed E-state index contributed by atoms with van der Waals surface area (Å²) in [6.45, 7) is 5.39. The molecule has 0 bridgehead atoms. The van der Waals surface area contributed by atoms with Crippen molar-refractivity contribution in [3.05, 3.63) is 16.6 Å². The summed E-state index contributed by atoms with van der Waals surface area (Å²) >= 11 is 1.66. The van der Waals surface area contributed by atoms with Crippen LogP contribution in [0.4, 0.5) is 0 Å². The molecule has 0 spiro atoms. The van der Waals surface area contributed by atoms with E-state index in [0.29, 0.717) is 5.92 Å². The normalized spacial score (nSPS) is 13.4. The summed E-state index contributed by atoms with van der Waals surface area (Å²) in [5.41, 5.74) is 3.06. The first-order chi connectivity index (χ1) is 6.72. The van der Waals surface area contributed by atoms with Gasteiger partial charge in [-0.3, -0.25) is 0 Å². The van der Waals surface area contributed by atoms with E-state index in [4.69, 9.17) is 0 Å². The van der Waals surface area contributed by atoms with Crippen LogP contribution in [-0.4, -0.2) is 37.1 Å². The smallest absolute Gasteiger partial charge is 0.0795 e. The predicted octanol–water partition coefficient (Wildman–Crippen LogP) is 1.43. The SMILES string of the molecule is CNCC(C)CN(C)Cc1cscn1. The molecule has 80 valence electrons. The molecule has 14 heavy (non-hydrogen) atoms. The van der Waals surface area contributed by atoms with Crippen LogP contribution in [0, 0.1) is 5.92 Å². The van der Waals surface area contributed by atoms with Gasteiger partial charge in [0.25, 0.3) is 0 Å². The van der Waals surface area contributed by atoms with E-state index in [1.54, 1.807) is 11.3 Å². The van der Waals surface area contributed by atoms with Gasteiger partial charge in [-0.15, -0.1) is 11.3 Å². The lowest BCUT2D eigenvalue weighted by Gasteiger charge is -2.20. The highest BCUT2D eigenvalue weighted by Gasteiger charge is 2.06. The van der Waals surface area contributed by atoms with Crippen molar-refractivity contribution in [2.45, 2.75) is 13.5 Å². The largest absolute Gasteiger partial charge is 0.319 e. The van der Waals surface area contributed by atoms with Crippen LogP contribution < -0.4 is 5.32 Å². The van der Waals surface area contributed by atoms with Crippen LogP contribution >= 0.6 is 11.3 Å². The maximum atomic E-state index is 4.27. The predicted molar refractivity (Wildman–Crippen MR) is 61.5 cm³/mol. The van der Waals surface area contributed by atoms with Crippen LogP contribution in [0.5, 0.6) is 0 Å². The summed E-state index contributed by atoms with van der Waals surface area (Å²) in [6, 6.07) is 0. The second kappa shape index (κ2) is 6.11. The molecule has 3 nitrogen and oxygen atoms in total. The molecule has 0 saturated carbocycles.